The van der Waals surface area contributed by atoms with Crippen molar-refractivity contribution in [2.24, 2.45) is 5.10 Å². The van der Waals surface area contributed by atoms with Crippen LogP contribution in [0.25, 0.3) is 10.8 Å². The van der Waals surface area contributed by atoms with Crippen molar-refractivity contribution in [2.45, 2.75) is 38.6 Å². The number of benzene rings is 3. The van der Waals surface area contributed by atoms with Gasteiger partial charge in [-0.3, -0.25) is 4.79 Å². The molecule has 0 spiro atoms. The molecule has 0 aliphatic carbocycles. The third-order valence-electron chi connectivity index (χ3n) is 6.15. The molecule has 0 saturated heterocycles. The maximum absolute atomic E-state index is 12.5. The van der Waals surface area contributed by atoms with Gasteiger partial charge in [0.15, 0.2) is 0 Å². The average molecular weight is 402 g/mol. The number of carbonyl (C=O) groups excluding carboxylic acids is 1. The lowest BCUT2D eigenvalue weighted by molar-refractivity contribution is 0.0952. The molecule has 5 nitrogen and oxygen atoms in total. The first-order valence-electron chi connectivity index (χ1n) is 10.2. The second-order valence-electron chi connectivity index (χ2n) is 8.71. The average Bonchev–Trinajstić information content (AvgIpc) is 2.71. The van der Waals surface area contributed by atoms with Gasteiger partial charge in [-0.1, -0.05) is 37.3 Å². The second-order valence-corrected chi connectivity index (χ2v) is 8.71. The fraction of sp³-hybridized carbons (Fsp3) is 0.280. The highest BCUT2D eigenvalue weighted by molar-refractivity contribution is 6.01. The molecule has 2 N–H and O–H groups in total. The summed E-state index contributed by atoms with van der Waals surface area (Å²) < 4.78 is 0. The molecular weight excluding hydrogens is 374 g/mol. The predicted octanol–water partition coefficient (Wildman–Crippen LogP) is 5.03. The number of phenolic OH excluding ortho intramolecular Hbond substituents is 1. The van der Waals surface area contributed by atoms with Crippen molar-refractivity contribution < 1.29 is 9.90 Å². The Balaban J connectivity index is 1.52. The molecule has 5 heteroatoms. The lowest BCUT2D eigenvalue weighted by Crippen LogP contribution is -2.45. The van der Waals surface area contributed by atoms with Gasteiger partial charge in [-0.25, -0.2) is 5.43 Å². The number of amides is 1. The molecule has 1 heterocycles. The summed E-state index contributed by atoms with van der Waals surface area (Å²) in [6, 6.07) is 17.1. The normalized spacial score (nSPS) is 17.9. The number of carbonyl (C=O) groups is 1. The zero-order valence-corrected chi connectivity index (χ0v) is 17.8. The number of aromatic hydroxyl groups is 1. The summed E-state index contributed by atoms with van der Waals surface area (Å²) in [6.45, 7) is 6.78. The van der Waals surface area contributed by atoms with Gasteiger partial charge in [-0.05, 0) is 72.4 Å². The summed E-state index contributed by atoms with van der Waals surface area (Å²) in [6.07, 6.45) is 2.72. The summed E-state index contributed by atoms with van der Waals surface area (Å²) in [5.74, 6) is -0.0549. The molecule has 154 valence electrons. The highest BCUT2D eigenvalue weighted by Gasteiger charge is 2.33. The lowest BCUT2D eigenvalue weighted by Gasteiger charge is -2.45. The van der Waals surface area contributed by atoms with Crippen molar-refractivity contribution >= 4 is 28.6 Å². The van der Waals surface area contributed by atoms with E-state index in [1.807, 2.05) is 30.3 Å². The van der Waals surface area contributed by atoms with Crippen molar-refractivity contribution in [3.8, 4) is 5.75 Å². The molecule has 1 unspecified atom stereocenters. The van der Waals surface area contributed by atoms with E-state index in [-0.39, 0.29) is 16.9 Å². The molecule has 0 fully saturated rings. The number of hydrazone groups is 1. The Bertz CT molecular complexity index is 1150. The van der Waals surface area contributed by atoms with Crippen molar-refractivity contribution in [1.29, 1.82) is 0 Å². The maximum atomic E-state index is 12.5. The van der Waals surface area contributed by atoms with Crippen molar-refractivity contribution in [3.63, 3.8) is 0 Å². The third-order valence-corrected chi connectivity index (χ3v) is 6.15. The van der Waals surface area contributed by atoms with Crippen molar-refractivity contribution in [2.75, 3.05) is 11.9 Å². The Kier molecular flexibility index (Phi) is 4.98. The number of rotatable bonds is 3. The maximum Gasteiger partial charge on any atom is 0.275 e. The first-order chi connectivity index (χ1) is 14.3. The number of hydrogen-bond acceptors (Lipinski definition) is 4. The second kappa shape index (κ2) is 7.48. The smallest absolute Gasteiger partial charge is 0.275 e. The van der Waals surface area contributed by atoms with E-state index in [0.29, 0.717) is 5.92 Å². The van der Waals surface area contributed by atoms with Crippen LogP contribution in [0.15, 0.2) is 59.7 Å². The Morgan fingerprint density at radius 2 is 1.87 bits per heavy atom. The van der Waals surface area contributed by atoms with Gasteiger partial charge >= 0.3 is 0 Å². The molecular formula is C25H27N3O2. The van der Waals surface area contributed by atoms with Crippen molar-refractivity contribution in [3.05, 3.63) is 71.3 Å². The molecule has 0 saturated carbocycles. The van der Waals surface area contributed by atoms with Gasteiger partial charge in [-0.2, -0.15) is 5.10 Å². The number of hydrogen-bond donors (Lipinski definition) is 2. The zero-order valence-electron chi connectivity index (χ0n) is 17.8. The van der Waals surface area contributed by atoms with Gasteiger partial charge < -0.3 is 10.0 Å². The van der Waals surface area contributed by atoms with Crippen LogP contribution in [0.1, 0.15) is 54.6 Å². The predicted molar refractivity (Wildman–Crippen MR) is 123 cm³/mol. The molecule has 1 atom stereocenters. The number of nitrogens with zero attached hydrogens (tertiary/aromatic N) is 2. The molecule has 3 aromatic rings. The van der Waals surface area contributed by atoms with Gasteiger partial charge in [0.05, 0.1) is 11.8 Å². The summed E-state index contributed by atoms with van der Waals surface area (Å²) in [5, 5.41) is 16.1. The van der Waals surface area contributed by atoms with E-state index in [1.54, 1.807) is 18.3 Å². The number of fused-ring (bicyclic) bond motifs is 2. The quantitative estimate of drug-likeness (QED) is 0.478. The fourth-order valence-electron chi connectivity index (χ4n) is 4.31. The first-order valence-corrected chi connectivity index (χ1v) is 10.2. The summed E-state index contributed by atoms with van der Waals surface area (Å²) in [5.41, 5.74) is 6.31. The highest BCUT2D eigenvalue weighted by atomic mass is 16.3. The molecule has 30 heavy (non-hydrogen) atoms. The standard InChI is InChI=1S/C25H27N3O2/c1-16-14-25(2,3)28(4)22-10-9-17(11-20(16)22)15-26-27-24(30)21-12-18-7-5-6-8-19(18)13-23(21)29/h5-13,15-16,29H,14H2,1-4H3,(H,27,30)/b26-15+. The van der Waals surface area contributed by atoms with Crippen LogP contribution in [-0.2, 0) is 0 Å². The van der Waals surface area contributed by atoms with E-state index < -0.39 is 5.91 Å². The molecule has 1 aliphatic heterocycles. The van der Waals surface area contributed by atoms with Gasteiger partial charge in [0.25, 0.3) is 5.91 Å². The molecule has 0 radical (unpaired) electrons. The van der Waals surface area contributed by atoms with E-state index in [0.717, 1.165) is 22.8 Å². The van der Waals surface area contributed by atoms with Crippen LogP contribution < -0.4 is 10.3 Å². The molecule has 1 aliphatic rings. The Morgan fingerprint density at radius 3 is 2.60 bits per heavy atom. The van der Waals surface area contributed by atoms with Crippen LogP contribution in [0, 0.1) is 0 Å². The van der Waals surface area contributed by atoms with Crippen LogP contribution in [0.2, 0.25) is 0 Å². The minimum atomic E-state index is -0.442. The van der Waals surface area contributed by atoms with Gasteiger partial charge in [0, 0.05) is 18.3 Å². The van der Waals surface area contributed by atoms with Crippen LogP contribution in [0.3, 0.4) is 0 Å². The summed E-state index contributed by atoms with van der Waals surface area (Å²) in [4.78, 5) is 14.8. The Hall–Kier alpha value is -3.34. The van der Waals surface area contributed by atoms with E-state index in [9.17, 15) is 9.90 Å². The van der Waals surface area contributed by atoms with E-state index in [2.05, 4.69) is 55.4 Å². The minimum absolute atomic E-state index is 0.0605. The van der Waals surface area contributed by atoms with Crippen LogP contribution >= 0.6 is 0 Å². The van der Waals surface area contributed by atoms with Crippen LogP contribution in [0.4, 0.5) is 5.69 Å². The minimum Gasteiger partial charge on any atom is -0.507 e. The SMILES string of the molecule is CC1CC(C)(C)N(C)c2ccc(/C=N/NC(=O)c3cc4ccccc4cc3O)cc21. The number of anilines is 1. The van der Waals surface area contributed by atoms with Crippen LogP contribution in [-0.4, -0.2) is 29.8 Å². The topological polar surface area (TPSA) is 64.9 Å². The van der Waals surface area contributed by atoms with Gasteiger partial charge in [0.2, 0.25) is 0 Å². The number of nitrogens with one attached hydrogen (secondary N) is 1. The van der Waals surface area contributed by atoms with E-state index in [1.165, 1.54) is 11.3 Å². The third kappa shape index (κ3) is 3.63. The van der Waals surface area contributed by atoms with Crippen LogP contribution in [0.5, 0.6) is 5.75 Å². The number of phenols is 1. The van der Waals surface area contributed by atoms with E-state index >= 15 is 0 Å². The molecule has 1 amide bonds. The molecule has 4 rings (SSSR count). The van der Waals surface area contributed by atoms with Gasteiger partial charge in [-0.15, -0.1) is 0 Å². The van der Waals surface area contributed by atoms with Crippen molar-refractivity contribution in [1.82, 2.24) is 5.43 Å². The zero-order chi connectivity index (χ0) is 21.5. The van der Waals surface area contributed by atoms with Gasteiger partial charge in [0.1, 0.15) is 5.75 Å². The molecule has 3 aromatic carbocycles. The monoisotopic (exact) mass is 401 g/mol. The summed E-state index contributed by atoms with van der Waals surface area (Å²) in [7, 11) is 2.13. The first kappa shape index (κ1) is 20.0. The fourth-order valence-corrected chi connectivity index (χ4v) is 4.31. The lowest BCUT2D eigenvalue weighted by atomic mass is 9.80. The summed E-state index contributed by atoms with van der Waals surface area (Å²) >= 11 is 0. The largest absolute Gasteiger partial charge is 0.507 e. The Labute approximate surface area is 177 Å². The Morgan fingerprint density at radius 1 is 1.17 bits per heavy atom. The molecule has 0 aromatic heterocycles. The van der Waals surface area contributed by atoms with E-state index in [4.69, 9.17) is 0 Å². The molecule has 0 bridgehead atoms. The highest BCUT2D eigenvalue weighted by Crippen LogP contribution is 2.42.